The Morgan fingerprint density at radius 3 is 2.80 bits per heavy atom. The van der Waals surface area contributed by atoms with Gasteiger partial charge in [0.05, 0.1) is 12.4 Å². The quantitative estimate of drug-likeness (QED) is 0.789. The van der Waals surface area contributed by atoms with Gasteiger partial charge in [-0.05, 0) is 31.7 Å². The molecule has 0 spiro atoms. The van der Waals surface area contributed by atoms with Crippen LogP contribution in [0.4, 0.5) is 16.4 Å². The van der Waals surface area contributed by atoms with Crippen molar-refractivity contribution >= 4 is 17.7 Å². The predicted octanol–water partition coefficient (Wildman–Crippen LogP) is 1.80. The molecule has 7 heteroatoms. The summed E-state index contributed by atoms with van der Waals surface area (Å²) in [6.07, 6.45) is 2.89. The van der Waals surface area contributed by atoms with Gasteiger partial charge in [0.1, 0.15) is 0 Å². The Bertz CT molecular complexity index is 574. The monoisotopic (exact) mass is 272 g/mol. The molecule has 1 aromatic heterocycles. The lowest BCUT2D eigenvalue weighted by atomic mass is 10.1. The molecule has 104 valence electrons. The molecule has 2 aromatic rings. The van der Waals surface area contributed by atoms with E-state index in [9.17, 15) is 4.79 Å². The molecule has 0 aliphatic heterocycles. The van der Waals surface area contributed by atoms with Gasteiger partial charge in [-0.1, -0.05) is 12.1 Å². The average Bonchev–Trinajstić information content (AvgIpc) is 2.47. The van der Waals surface area contributed by atoms with E-state index in [2.05, 4.69) is 31.1 Å². The summed E-state index contributed by atoms with van der Waals surface area (Å²) < 4.78 is 0. The van der Waals surface area contributed by atoms with Crippen molar-refractivity contribution in [2.24, 2.45) is 0 Å². The van der Waals surface area contributed by atoms with Crippen LogP contribution in [-0.2, 0) is 0 Å². The van der Waals surface area contributed by atoms with Crippen molar-refractivity contribution in [3.8, 4) is 0 Å². The van der Waals surface area contributed by atoms with Crippen molar-refractivity contribution in [2.45, 2.75) is 13.0 Å². The molecule has 0 aliphatic rings. The first-order valence-electron chi connectivity index (χ1n) is 6.18. The molecule has 0 saturated carbocycles. The molecule has 2 rings (SSSR count). The zero-order chi connectivity index (χ0) is 14.4. The molecule has 20 heavy (non-hydrogen) atoms. The number of benzene rings is 1. The number of nitrogens with zero attached hydrogens (tertiary/aromatic N) is 3. The number of hydrogen-bond acceptors (Lipinski definition) is 5. The Labute approximate surface area is 116 Å². The fourth-order valence-corrected chi connectivity index (χ4v) is 1.62. The minimum Gasteiger partial charge on any atom is -0.313 e. The van der Waals surface area contributed by atoms with Crippen molar-refractivity contribution < 1.29 is 4.79 Å². The van der Waals surface area contributed by atoms with Gasteiger partial charge in [-0.3, -0.25) is 5.32 Å². The summed E-state index contributed by atoms with van der Waals surface area (Å²) in [7, 11) is 1.89. The van der Waals surface area contributed by atoms with Crippen molar-refractivity contribution in [2.75, 3.05) is 17.7 Å². The van der Waals surface area contributed by atoms with Gasteiger partial charge in [-0.25, -0.2) is 9.78 Å². The maximum atomic E-state index is 11.8. The number of amides is 2. The number of carbonyl (C=O) groups is 1. The highest BCUT2D eigenvalue weighted by molar-refractivity contribution is 5.98. The van der Waals surface area contributed by atoms with E-state index in [0.717, 1.165) is 5.56 Å². The van der Waals surface area contributed by atoms with Crippen molar-refractivity contribution in [1.82, 2.24) is 20.5 Å². The lowest BCUT2D eigenvalue weighted by Gasteiger charge is -2.12. The fourth-order valence-electron chi connectivity index (χ4n) is 1.62. The number of aromatic nitrogens is 3. The number of rotatable bonds is 4. The van der Waals surface area contributed by atoms with E-state index < -0.39 is 6.03 Å². The highest BCUT2D eigenvalue weighted by atomic mass is 16.2. The highest BCUT2D eigenvalue weighted by Gasteiger charge is 2.07. The molecule has 0 radical (unpaired) electrons. The lowest BCUT2D eigenvalue weighted by Crippen LogP contribution is -2.21. The van der Waals surface area contributed by atoms with E-state index in [1.54, 1.807) is 0 Å². The van der Waals surface area contributed by atoms with Gasteiger partial charge in [0.25, 0.3) is 5.95 Å². The smallest absolute Gasteiger partial charge is 0.313 e. The molecule has 1 unspecified atom stereocenters. The number of hydrogen-bond donors (Lipinski definition) is 3. The summed E-state index contributed by atoms with van der Waals surface area (Å²) in [6.45, 7) is 2.04. The molecule has 0 aliphatic carbocycles. The minimum absolute atomic E-state index is 0.157. The Morgan fingerprint density at radius 2 is 2.10 bits per heavy atom. The summed E-state index contributed by atoms with van der Waals surface area (Å²) >= 11 is 0. The first kappa shape index (κ1) is 13.9. The molecule has 0 saturated heterocycles. The second-order valence-corrected chi connectivity index (χ2v) is 4.18. The molecular formula is C13H16N6O. The van der Waals surface area contributed by atoms with Crippen LogP contribution in [0.15, 0.2) is 36.7 Å². The van der Waals surface area contributed by atoms with Crippen LogP contribution in [0.25, 0.3) is 0 Å². The molecule has 7 nitrogen and oxygen atoms in total. The van der Waals surface area contributed by atoms with Crippen LogP contribution in [0.3, 0.4) is 0 Å². The van der Waals surface area contributed by atoms with E-state index >= 15 is 0 Å². The van der Waals surface area contributed by atoms with Gasteiger partial charge in [-0.2, -0.15) is 5.10 Å². The van der Waals surface area contributed by atoms with Crippen molar-refractivity contribution in [3.63, 3.8) is 0 Å². The Kier molecular flexibility index (Phi) is 4.56. The number of nitrogens with one attached hydrogen (secondary N) is 3. The standard InChI is InChI=1S/C13H16N6O/c1-9(14-2)10-4-3-5-11(8-10)17-13(20)18-12-15-6-7-16-19-12/h3-9,14H,1-2H3,(H2,15,17,18,19,20). The van der Waals surface area contributed by atoms with Crippen LogP contribution < -0.4 is 16.0 Å². The third-order valence-electron chi connectivity index (χ3n) is 2.79. The van der Waals surface area contributed by atoms with Crippen LogP contribution in [-0.4, -0.2) is 28.3 Å². The third-order valence-corrected chi connectivity index (χ3v) is 2.79. The molecule has 1 heterocycles. The van der Waals surface area contributed by atoms with Crippen molar-refractivity contribution in [3.05, 3.63) is 42.2 Å². The van der Waals surface area contributed by atoms with E-state index in [0.29, 0.717) is 5.69 Å². The first-order valence-corrected chi connectivity index (χ1v) is 6.18. The van der Waals surface area contributed by atoms with Gasteiger partial charge in [0, 0.05) is 11.7 Å². The summed E-state index contributed by atoms with van der Waals surface area (Å²) in [5.74, 6) is 0.157. The third kappa shape index (κ3) is 3.72. The largest absolute Gasteiger partial charge is 0.326 e. The number of anilines is 2. The fraction of sp³-hybridized carbons (Fsp3) is 0.231. The average molecular weight is 272 g/mol. The van der Waals surface area contributed by atoms with Gasteiger partial charge >= 0.3 is 6.03 Å². The normalized spacial score (nSPS) is 11.7. The van der Waals surface area contributed by atoms with Gasteiger partial charge in [-0.15, -0.1) is 5.10 Å². The van der Waals surface area contributed by atoms with Gasteiger partial charge < -0.3 is 10.6 Å². The van der Waals surface area contributed by atoms with Gasteiger partial charge in [0.2, 0.25) is 0 Å². The zero-order valence-corrected chi connectivity index (χ0v) is 11.3. The van der Waals surface area contributed by atoms with Gasteiger partial charge in [0.15, 0.2) is 0 Å². The molecule has 1 atom stereocenters. The zero-order valence-electron chi connectivity index (χ0n) is 11.3. The summed E-state index contributed by atoms with van der Waals surface area (Å²) in [5, 5.41) is 15.7. The molecule has 3 N–H and O–H groups in total. The van der Waals surface area contributed by atoms with E-state index in [1.807, 2.05) is 38.2 Å². The molecule has 0 bridgehead atoms. The van der Waals surface area contributed by atoms with Crippen LogP contribution >= 0.6 is 0 Å². The summed E-state index contributed by atoms with van der Waals surface area (Å²) in [6, 6.07) is 7.41. The van der Waals surface area contributed by atoms with E-state index in [1.165, 1.54) is 12.4 Å². The maximum Gasteiger partial charge on any atom is 0.326 e. The van der Waals surface area contributed by atoms with E-state index in [4.69, 9.17) is 0 Å². The Hall–Kier alpha value is -2.54. The van der Waals surface area contributed by atoms with Crippen LogP contribution in [0.1, 0.15) is 18.5 Å². The number of urea groups is 1. The Balaban J connectivity index is 2.01. The number of carbonyl (C=O) groups excluding carboxylic acids is 1. The second-order valence-electron chi connectivity index (χ2n) is 4.18. The van der Waals surface area contributed by atoms with Crippen LogP contribution in [0.2, 0.25) is 0 Å². The Morgan fingerprint density at radius 1 is 1.25 bits per heavy atom. The predicted molar refractivity (Wildman–Crippen MR) is 76.4 cm³/mol. The molecule has 2 amide bonds. The lowest BCUT2D eigenvalue weighted by molar-refractivity contribution is 0.262. The first-order chi connectivity index (χ1) is 9.69. The highest BCUT2D eigenvalue weighted by Crippen LogP contribution is 2.17. The SMILES string of the molecule is CNC(C)c1cccc(NC(=O)Nc2nccnn2)c1. The summed E-state index contributed by atoms with van der Waals surface area (Å²) in [5.41, 5.74) is 1.79. The molecule has 1 aromatic carbocycles. The maximum absolute atomic E-state index is 11.8. The molecule has 0 fully saturated rings. The minimum atomic E-state index is -0.410. The van der Waals surface area contributed by atoms with Crippen molar-refractivity contribution in [1.29, 1.82) is 0 Å². The second kappa shape index (κ2) is 6.58. The van der Waals surface area contributed by atoms with Crippen LogP contribution in [0.5, 0.6) is 0 Å². The van der Waals surface area contributed by atoms with Crippen LogP contribution in [0, 0.1) is 0 Å². The topological polar surface area (TPSA) is 91.8 Å². The van der Waals surface area contributed by atoms with E-state index in [-0.39, 0.29) is 12.0 Å². The molecular weight excluding hydrogens is 256 g/mol. The summed E-state index contributed by atoms with van der Waals surface area (Å²) in [4.78, 5) is 15.7.